The minimum absolute atomic E-state index is 0.179. The molecule has 1 rings (SSSR count). The van der Waals surface area contributed by atoms with E-state index in [4.69, 9.17) is 10.6 Å². The number of nitrogens with one attached hydrogen (secondary N) is 1. The third kappa shape index (κ3) is 3.58. The zero-order chi connectivity index (χ0) is 13.5. The van der Waals surface area contributed by atoms with Crippen molar-refractivity contribution in [2.75, 3.05) is 32.8 Å². The molecule has 0 aromatic carbocycles. The molecule has 7 heteroatoms. The number of nitrogens with two attached hydrogens (primary N) is 1. The predicted molar refractivity (Wildman–Crippen MR) is 66.6 cm³/mol. The van der Waals surface area contributed by atoms with E-state index in [0.717, 1.165) is 0 Å². The van der Waals surface area contributed by atoms with Crippen LogP contribution in [-0.4, -0.2) is 60.6 Å². The van der Waals surface area contributed by atoms with E-state index >= 15 is 0 Å². The number of amides is 2. The first kappa shape index (κ1) is 14.7. The van der Waals surface area contributed by atoms with Crippen molar-refractivity contribution in [1.29, 1.82) is 0 Å². The van der Waals surface area contributed by atoms with Gasteiger partial charge in [0.25, 0.3) is 5.91 Å². The van der Waals surface area contributed by atoms with Gasteiger partial charge in [-0.3, -0.25) is 15.1 Å². The quantitative estimate of drug-likeness (QED) is 0.404. The molecule has 1 heterocycles. The molecule has 18 heavy (non-hydrogen) atoms. The van der Waals surface area contributed by atoms with Crippen molar-refractivity contribution in [3.05, 3.63) is 0 Å². The Kier molecular flexibility index (Phi) is 5.87. The number of piperazine rings is 1. The minimum atomic E-state index is -0.284. The van der Waals surface area contributed by atoms with Gasteiger partial charge in [0.1, 0.15) is 0 Å². The van der Waals surface area contributed by atoms with Crippen LogP contribution in [0.5, 0.6) is 0 Å². The molecule has 0 aliphatic carbocycles. The molecule has 1 saturated heterocycles. The highest BCUT2D eigenvalue weighted by atomic mass is 16.6. The standard InChI is InChI=1S/C11H22N4O3/c1-3-9(10(16)13-12)14-5-7-15(8-6-14)11(17)18-4-2/h9H,3-8,12H2,1-2H3,(H,13,16). The van der Waals surface area contributed by atoms with Crippen molar-refractivity contribution in [3.63, 3.8) is 0 Å². The van der Waals surface area contributed by atoms with Crippen molar-refractivity contribution >= 4 is 12.0 Å². The molecule has 104 valence electrons. The lowest BCUT2D eigenvalue weighted by atomic mass is 10.1. The van der Waals surface area contributed by atoms with Gasteiger partial charge in [-0.2, -0.15) is 0 Å². The molecular weight excluding hydrogens is 236 g/mol. The van der Waals surface area contributed by atoms with Gasteiger partial charge in [-0.15, -0.1) is 0 Å². The average Bonchev–Trinajstić information content (AvgIpc) is 2.40. The van der Waals surface area contributed by atoms with Gasteiger partial charge in [0.15, 0.2) is 0 Å². The highest BCUT2D eigenvalue weighted by Crippen LogP contribution is 2.10. The van der Waals surface area contributed by atoms with Crippen LogP contribution in [0.15, 0.2) is 0 Å². The van der Waals surface area contributed by atoms with E-state index in [-0.39, 0.29) is 18.0 Å². The fourth-order valence-corrected chi connectivity index (χ4v) is 2.14. The SMILES string of the molecule is CCOC(=O)N1CCN(C(CC)C(=O)NN)CC1. The normalized spacial score (nSPS) is 18.3. The number of carbonyl (C=O) groups is 2. The van der Waals surface area contributed by atoms with E-state index < -0.39 is 0 Å². The van der Waals surface area contributed by atoms with Crippen LogP contribution in [0.25, 0.3) is 0 Å². The summed E-state index contributed by atoms with van der Waals surface area (Å²) in [5.41, 5.74) is 2.18. The molecule has 2 amide bonds. The first-order valence-corrected chi connectivity index (χ1v) is 6.30. The van der Waals surface area contributed by atoms with E-state index in [1.807, 2.05) is 11.8 Å². The van der Waals surface area contributed by atoms with Crippen LogP contribution in [-0.2, 0) is 9.53 Å². The zero-order valence-electron chi connectivity index (χ0n) is 11.0. The molecule has 7 nitrogen and oxygen atoms in total. The molecule has 1 fully saturated rings. The van der Waals surface area contributed by atoms with Gasteiger partial charge in [-0.1, -0.05) is 6.92 Å². The Balaban J connectivity index is 2.47. The van der Waals surface area contributed by atoms with Crippen LogP contribution in [0.2, 0.25) is 0 Å². The molecule has 0 radical (unpaired) electrons. The van der Waals surface area contributed by atoms with E-state index in [0.29, 0.717) is 39.2 Å². The maximum absolute atomic E-state index is 11.6. The Morgan fingerprint density at radius 2 is 1.89 bits per heavy atom. The summed E-state index contributed by atoms with van der Waals surface area (Å²) in [4.78, 5) is 26.8. The summed E-state index contributed by atoms with van der Waals surface area (Å²) in [6, 6.07) is -0.223. The predicted octanol–water partition coefficient (Wildman–Crippen LogP) is -0.471. The van der Waals surface area contributed by atoms with Gasteiger partial charge in [-0.05, 0) is 13.3 Å². The van der Waals surface area contributed by atoms with Crippen molar-refractivity contribution in [2.45, 2.75) is 26.3 Å². The fraction of sp³-hybridized carbons (Fsp3) is 0.818. The number of hydrogen-bond acceptors (Lipinski definition) is 5. The summed E-state index contributed by atoms with van der Waals surface area (Å²) in [5.74, 6) is 4.98. The van der Waals surface area contributed by atoms with Gasteiger partial charge in [0.2, 0.25) is 0 Å². The molecular formula is C11H22N4O3. The van der Waals surface area contributed by atoms with Crippen molar-refractivity contribution in [3.8, 4) is 0 Å². The van der Waals surface area contributed by atoms with Crippen LogP contribution in [0.3, 0.4) is 0 Å². The number of nitrogens with zero attached hydrogens (tertiary/aromatic N) is 2. The molecule has 0 aromatic rings. The molecule has 3 N–H and O–H groups in total. The highest BCUT2D eigenvalue weighted by Gasteiger charge is 2.29. The van der Waals surface area contributed by atoms with Crippen LogP contribution in [0.4, 0.5) is 4.79 Å². The topological polar surface area (TPSA) is 87.9 Å². The molecule has 1 atom stereocenters. The Hall–Kier alpha value is -1.34. The number of hydrazine groups is 1. The maximum atomic E-state index is 11.6. The van der Waals surface area contributed by atoms with Crippen LogP contribution >= 0.6 is 0 Å². The van der Waals surface area contributed by atoms with E-state index in [1.54, 1.807) is 11.8 Å². The summed E-state index contributed by atoms with van der Waals surface area (Å²) in [6.45, 7) is 6.58. The number of carbonyl (C=O) groups excluding carboxylic acids is 2. The van der Waals surface area contributed by atoms with Crippen molar-refractivity contribution in [2.24, 2.45) is 5.84 Å². The van der Waals surface area contributed by atoms with Gasteiger partial charge >= 0.3 is 6.09 Å². The second-order valence-corrected chi connectivity index (χ2v) is 4.15. The second kappa shape index (κ2) is 7.17. The minimum Gasteiger partial charge on any atom is -0.450 e. The molecule has 0 saturated carbocycles. The van der Waals surface area contributed by atoms with Crippen molar-refractivity contribution < 1.29 is 14.3 Å². The van der Waals surface area contributed by atoms with Gasteiger partial charge in [0, 0.05) is 26.2 Å². The lowest BCUT2D eigenvalue weighted by molar-refractivity contribution is -0.127. The number of rotatable bonds is 4. The van der Waals surface area contributed by atoms with E-state index in [1.165, 1.54) is 0 Å². The van der Waals surface area contributed by atoms with E-state index in [2.05, 4.69) is 5.43 Å². The lowest BCUT2D eigenvalue weighted by Gasteiger charge is -2.37. The summed E-state index contributed by atoms with van der Waals surface area (Å²) in [7, 11) is 0. The van der Waals surface area contributed by atoms with Gasteiger partial charge in [-0.25, -0.2) is 10.6 Å². The summed E-state index contributed by atoms with van der Waals surface area (Å²) in [5, 5.41) is 0. The Labute approximate surface area is 107 Å². The second-order valence-electron chi connectivity index (χ2n) is 4.15. The Morgan fingerprint density at radius 3 is 2.33 bits per heavy atom. The molecule has 1 aliphatic heterocycles. The average molecular weight is 258 g/mol. The molecule has 0 spiro atoms. The third-order valence-corrected chi connectivity index (χ3v) is 3.11. The largest absolute Gasteiger partial charge is 0.450 e. The third-order valence-electron chi connectivity index (χ3n) is 3.11. The molecule has 1 unspecified atom stereocenters. The first-order chi connectivity index (χ1) is 8.63. The van der Waals surface area contributed by atoms with Crippen LogP contribution in [0.1, 0.15) is 20.3 Å². The van der Waals surface area contributed by atoms with Crippen molar-refractivity contribution in [1.82, 2.24) is 15.2 Å². The van der Waals surface area contributed by atoms with Gasteiger partial charge < -0.3 is 9.64 Å². The zero-order valence-corrected chi connectivity index (χ0v) is 11.0. The number of ether oxygens (including phenoxy) is 1. The monoisotopic (exact) mass is 258 g/mol. The molecule has 1 aliphatic rings. The summed E-state index contributed by atoms with van der Waals surface area (Å²) in [6.07, 6.45) is 0.413. The Bertz CT molecular complexity index is 290. The van der Waals surface area contributed by atoms with Crippen LogP contribution < -0.4 is 11.3 Å². The molecule has 0 aromatic heterocycles. The first-order valence-electron chi connectivity index (χ1n) is 6.30. The summed E-state index contributed by atoms with van der Waals surface area (Å²) >= 11 is 0. The van der Waals surface area contributed by atoms with Gasteiger partial charge in [0.05, 0.1) is 12.6 Å². The molecule has 0 bridgehead atoms. The van der Waals surface area contributed by atoms with E-state index in [9.17, 15) is 9.59 Å². The Morgan fingerprint density at radius 1 is 1.28 bits per heavy atom. The lowest BCUT2D eigenvalue weighted by Crippen LogP contribution is -2.56. The summed E-state index contributed by atoms with van der Waals surface area (Å²) < 4.78 is 4.94. The van der Waals surface area contributed by atoms with Crippen LogP contribution in [0, 0.1) is 0 Å². The maximum Gasteiger partial charge on any atom is 0.409 e. The fourth-order valence-electron chi connectivity index (χ4n) is 2.14. The highest BCUT2D eigenvalue weighted by molar-refractivity contribution is 5.81. The smallest absolute Gasteiger partial charge is 0.409 e. The number of hydrogen-bond donors (Lipinski definition) is 2.